The molecule has 0 aliphatic carbocycles. The van der Waals surface area contributed by atoms with E-state index in [1.807, 2.05) is 48.6 Å². The van der Waals surface area contributed by atoms with E-state index < -0.39 is 0 Å². The molecule has 4 aromatic rings. The fourth-order valence-electron chi connectivity index (χ4n) is 3.23. The maximum atomic E-state index is 5.67. The number of guanidine groups is 1. The lowest BCUT2D eigenvalue weighted by Crippen LogP contribution is -2.38. The highest BCUT2D eigenvalue weighted by Gasteiger charge is 2.08. The number of thiophene rings is 2. The van der Waals surface area contributed by atoms with E-state index in [1.165, 1.54) is 0 Å². The van der Waals surface area contributed by atoms with Gasteiger partial charge in [-0.25, -0.2) is 5.43 Å². The standard InChI is InChI=1S/C25H20Br2N4O2S2/c26-23-12-8-19(32-23)21-10-6-17(34-21)4-2-16(30-31-25-28-14-1-15-29-25)3-5-18-7-11-22(35-18)20-9-13-24(27)33-20/h2-13H,1,14-15H2,(H2,28,29,31)/b4-2+,5-3+. The topological polar surface area (TPSA) is 75.1 Å². The van der Waals surface area contributed by atoms with Gasteiger partial charge in [0.15, 0.2) is 9.34 Å². The van der Waals surface area contributed by atoms with Crippen LogP contribution < -0.4 is 10.7 Å². The zero-order valence-electron chi connectivity index (χ0n) is 18.3. The monoisotopic (exact) mass is 630 g/mol. The second kappa shape index (κ2) is 11.4. The van der Waals surface area contributed by atoms with Gasteiger partial charge in [0.1, 0.15) is 11.5 Å². The number of hydrogen-bond donors (Lipinski definition) is 2. The average Bonchev–Trinajstić information content (AvgIpc) is 3.67. The molecule has 35 heavy (non-hydrogen) atoms. The quantitative estimate of drug-likeness (QED) is 0.161. The molecule has 1 aliphatic rings. The molecule has 0 amide bonds. The van der Waals surface area contributed by atoms with Gasteiger partial charge in [-0.1, -0.05) is 0 Å². The van der Waals surface area contributed by atoms with Crippen LogP contribution in [-0.2, 0) is 0 Å². The number of hydrogen-bond acceptors (Lipinski definition) is 8. The van der Waals surface area contributed by atoms with Gasteiger partial charge >= 0.3 is 0 Å². The zero-order valence-corrected chi connectivity index (χ0v) is 23.1. The molecule has 10 heteroatoms. The van der Waals surface area contributed by atoms with Crippen LogP contribution in [0.3, 0.4) is 0 Å². The van der Waals surface area contributed by atoms with E-state index in [0.29, 0.717) is 5.96 Å². The number of hydrazone groups is 1. The number of rotatable bonds is 7. The first-order valence-electron chi connectivity index (χ1n) is 10.8. The van der Waals surface area contributed by atoms with Gasteiger partial charge in [0.05, 0.1) is 15.5 Å². The highest BCUT2D eigenvalue weighted by atomic mass is 79.9. The van der Waals surface area contributed by atoms with Gasteiger partial charge in [0.2, 0.25) is 5.96 Å². The summed E-state index contributed by atoms with van der Waals surface area (Å²) in [5.41, 5.74) is 3.82. The van der Waals surface area contributed by atoms with Crippen molar-refractivity contribution in [1.29, 1.82) is 0 Å². The lowest BCUT2D eigenvalue weighted by Gasteiger charge is -2.13. The summed E-state index contributed by atoms with van der Waals surface area (Å²) >= 11 is 10.0. The third kappa shape index (κ3) is 6.52. The Balaban J connectivity index is 1.34. The number of halogens is 2. The van der Waals surface area contributed by atoms with E-state index >= 15 is 0 Å². The van der Waals surface area contributed by atoms with E-state index in [-0.39, 0.29) is 0 Å². The van der Waals surface area contributed by atoms with Gasteiger partial charge in [-0.15, -0.1) is 22.7 Å². The van der Waals surface area contributed by atoms with Crippen molar-refractivity contribution in [3.05, 3.63) is 79.8 Å². The summed E-state index contributed by atoms with van der Waals surface area (Å²) in [6, 6.07) is 16.0. The Morgan fingerprint density at radius 2 is 1.49 bits per heavy atom. The van der Waals surface area contributed by atoms with Crippen molar-refractivity contribution >= 4 is 78.4 Å². The third-order valence-electron chi connectivity index (χ3n) is 4.91. The summed E-state index contributed by atoms with van der Waals surface area (Å²) in [4.78, 5) is 8.77. The van der Waals surface area contributed by atoms with Gasteiger partial charge in [0, 0.05) is 22.8 Å². The van der Waals surface area contributed by atoms with E-state index in [1.54, 1.807) is 22.7 Å². The van der Waals surface area contributed by atoms with Crippen LogP contribution in [0, 0.1) is 0 Å². The smallest absolute Gasteiger partial charge is 0.212 e. The number of nitrogens with zero attached hydrogens (tertiary/aromatic N) is 2. The van der Waals surface area contributed by atoms with Crippen molar-refractivity contribution in [2.75, 3.05) is 13.1 Å². The van der Waals surface area contributed by atoms with E-state index in [9.17, 15) is 0 Å². The number of allylic oxidation sites excluding steroid dienone is 2. The van der Waals surface area contributed by atoms with Crippen molar-refractivity contribution in [3.63, 3.8) is 0 Å². The SMILES string of the molecule is Brc1ccc(-c2ccc(/C=C/C(/C=C/c3ccc(-c4ccc(Br)o4)s3)=NNC3=NCCCN3)s2)o1. The summed E-state index contributed by atoms with van der Waals surface area (Å²) in [6.07, 6.45) is 9.10. The largest absolute Gasteiger partial charge is 0.449 e. The van der Waals surface area contributed by atoms with E-state index in [4.69, 9.17) is 8.83 Å². The van der Waals surface area contributed by atoms with Gasteiger partial charge in [-0.2, -0.15) is 5.10 Å². The second-order valence-corrected chi connectivity index (χ2v) is 11.2. The summed E-state index contributed by atoms with van der Waals surface area (Å²) < 4.78 is 12.8. The van der Waals surface area contributed by atoms with Crippen molar-refractivity contribution < 1.29 is 8.83 Å². The van der Waals surface area contributed by atoms with Crippen LogP contribution in [0.2, 0.25) is 0 Å². The minimum Gasteiger partial charge on any atom is -0.449 e. The van der Waals surface area contributed by atoms with Crippen LogP contribution >= 0.6 is 54.5 Å². The fourth-order valence-corrected chi connectivity index (χ4v) is 5.59. The zero-order chi connectivity index (χ0) is 24.0. The molecular formula is C25H20Br2N4O2S2. The van der Waals surface area contributed by atoms with Crippen molar-refractivity contribution in [3.8, 4) is 21.3 Å². The van der Waals surface area contributed by atoms with Gasteiger partial charge in [-0.3, -0.25) is 4.99 Å². The number of nitrogens with one attached hydrogen (secondary N) is 2. The molecule has 0 aromatic carbocycles. The molecule has 1 aliphatic heterocycles. The first-order valence-corrected chi connectivity index (χ1v) is 14.0. The summed E-state index contributed by atoms with van der Waals surface area (Å²) in [6.45, 7) is 1.69. The average molecular weight is 632 g/mol. The molecule has 0 saturated carbocycles. The summed E-state index contributed by atoms with van der Waals surface area (Å²) in [7, 11) is 0. The van der Waals surface area contributed by atoms with E-state index in [2.05, 4.69) is 77.0 Å². The highest BCUT2D eigenvalue weighted by molar-refractivity contribution is 9.10. The van der Waals surface area contributed by atoms with Crippen molar-refractivity contribution in [2.45, 2.75) is 6.42 Å². The van der Waals surface area contributed by atoms with Crippen LogP contribution in [-0.4, -0.2) is 24.8 Å². The van der Waals surface area contributed by atoms with Crippen molar-refractivity contribution in [1.82, 2.24) is 10.7 Å². The molecule has 0 saturated heterocycles. The Hall–Kier alpha value is -2.66. The molecule has 0 radical (unpaired) electrons. The molecule has 4 aromatic heterocycles. The molecule has 2 N–H and O–H groups in total. The first-order chi connectivity index (χ1) is 17.1. The molecule has 0 spiro atoms. The molecular weight excluding hydrogens is 612 g/mol. The molecule has 178 valence electrons. The van der Waals surface area contributed by atoms with Crippen LogP contribution in [0.25, 0.3) is 33.4 Å². The Morgan fingerprint density at radius 3 is 1.97 bits per heavy atom. The summed E-state index contributed by atoms with van der Waals surface area (Å²) in [5.74, 6) is 2.38. The van der Waals surface area contributed by atoms with Crippen molar-refractivity contribution in [2.24, 2.45) is 10.1 Å². The molecule has 0 atom stereocenters. The minimum atomic E-state index is 0.694. The number of furan rings is 2. The van der Waals surface area contributed by atoms with Gasteiger partial charge in [-0.05, 0) is 111 Å². The predicted molar refractivity (Wildman–Crippen MR) is 153 cm³/mol. The molecule has 5 heterocycles. The fraction of sp³-hybridized carbons (Fsp3) is 0.120. The Kier molecular flexibility index (Phi) is 7.82. The predicted octanol–water partition coefficient (Wildman–Crippen LogP) is 7.88. The Bertz CT molecular complexity index is 1330. The molecule has 0 unspecified atom stereocenters. The van der Waals surface area contributed by atoms with Crippen LogP contribution in [0.1, 0.15) is 16.2 Å². The second-order valence-electron chi connectivity index (χ2n) is 7.44. The van der Waals surface area contributed by atoms with E-state index in [0.717, 1.165) is 65.6 Å². The maximum absolute atomic E-state index is 5.67. The lowest BCUT2D eigenvalue weighted by molar-refractivity contribution is 0.557. The molecule has 0 bridgehead atoms. The summed E-state index contributed by atoms with van der Waals surface area (Å²) in [5, 5.41) is 7.80. The van der Waals surface area contributed by atoms with Gasteiger partial charge < -0.3 is 14.2 Å². The number of aliphatic imine (C=N–C) groups is 1. The minimum absolute atomic E-state index is 0.694. The third-order valence-corrected chi connectivity index (χ3v) is 7.89. The lowest BCUT2D eigenvalue weighted by atomic mass is 10.2. The molecule has 5 rings (SSSR count). The molecule has 0 fully saturated rings. The highest BCUT2D eigenvalue weighted by Crippen LogP contribution is 2.33. The van der Waals surface area contributed by atoms with Crippen LogP contribution in [0.4, 0.5) is 0 Å². The van der Waals surface area contributed by atoms with Crippen LogP contribution in [0.5, 0.6) is 0 Å². The Labute approximate surface area is 227 Å². The van der Waals surface area contributed by atoms with Gasteiger partial charge in [0.25, 0.3) is 0 Å². The maximum Gasteiger partial charge on any atom is 0.212 e. The first kappa shape index (κ1) is 24.1. The Morgan fingerprint density at radius 1 is 0.886 bits per heavy atom. The normalized spacial score (nSPS) is 13.8. The van der Waals surface area contributed by atoms with Crippen LogP contribution in [0.15, 0.2) is 89.0 Å². The molecule has 6 nitrogen and oxygen atoms in total.